The summed E-state index contributed by atoms with van der Waals surface area (Å²) in [6.45, 7) is 14.7. The van der Waals surface area contributed by atoms with E-state index in [1.165, 1.54) is 59.3 Å². The lowest BCUT2D eigenvalue weighted by atomic mass is 9.93. The molecule has 0 saturated carbocycles. The Labute approximate surface area is 343 Å². The Morgan fingerprint density at radius 2 is 1.24 bits per heavy atom. The van der Waals surface area contributed by atoms with E-state index >= 15 is 0 Å². The number of benzene rings is 5. The fraction of sp³-hybridized carbons (Fsp3) is 0.300. The average molecular weight is 770 g/mol. The highest BCUT2D eigenvalue weighted by Crippen LogP contribution is 2.44. The predicted octanol–water partition coefficient (Wildman–Crippen LogP) is 10.9. The van der Waals surface area contributed by atoms with Crippen molar-refractivity contribution in [3.63, 3.8) is 0 Å². The third kappa shape index (κ3) is 7.63. The Bertz CT molecular complexity index is 2630. The third-order valence-corrected chi connectivity index (χ3v) is 11.9. The standard InChI is InChI=1S/C50H56N8/c1-31-17-11-13-19-45(31)57-47-27-37(51)33(3)23-41(47)55-43-25-35(5)39(29-49(43)57)53-21-15-9-7-8-10-16-22-54-40-30-50-44(26-36(40)6)56-42-24-34(4)38(52)28-48(42)58(50)46-20-14-12-18-32(46)2/h11-14,17-20,23-30,49,53H,7-10,15-16,21-22,51H2,1-6H3,(H2,52,54)/p+1. The van der Waals surface area contributed by atoms with Gasteiger partial charge >= 0.3 is 0 Å². The second kappa shape index (κ2) is 16.4. The molecular weight excluding hydrogens is 713 g/mol. The van der Waals surface area contributed by atoms with Crippen molar-refractivity contribution in [3.8, 4) is 5.69 Å². The van der Waals surface area contributed by atoms with E-state index in [9.17, 15) is 0 Å². The lowest BCUT2D eigenvalue weighted by Crippen LogP contribution is -2.41. The molecule has 2 heterocycles. The van der Waals surface area contributed by atoms with Crippen LogP contribution in [0.2, 0.25) is 0 Å². The first-order valence-electron chi connectivity index (χ1n) is 20.9. The zero-order chi connectivity index (χ0) is 40.5. The van der Waals surface area contributed by atoms with E-state index in [1.54, 1.807) is 0 Å². The summed E-state index contributed by atoms with van der Waals surface area (Å²) < 4.78 is 2.32. The van der Waals surface area contributed by atoms with Crippen molar-refractivity contribution in [1.82, 2.24) is 10.3 Å². The number of fused-ring (bicyclic) bond motifs is 4. The molecular formula is C50H57N8+. The molecule has 1 unspecified atom stereocenters. The van der Waals surface area contributed by atoms with Crippen LogP contribution in [0.3, 0.4) is 0 Å². The van der Waals surface area contributed by atoms with Gasteiger partial charge in [-0.25, -0.2) is 9.98 Å². The molecule has 0 radical (unpaired) electrons. The molecule has 8 nitrogen and oxygen atoms in total. The van der Waals surface area contributed by atoms with Crippen molar-refractivity contribution in [1.29, 1.82) is 0 Å². The highest BCUT2D eigenvalue weighted by atomic mass is 15.2. The summed E-state index contributed by atoms with van der Waals surface area (Å²) >= 11 is 0. The number of allylic oxidation sites excluding steroid dienone is 1. The number of nitrogen functional groups attached to an aromatic ring is 2. The lowest BCUT2D eigenvalue weighted by molar-refractivity contribution is -0.538. The van der Waals surface area contributed by atoms with Gasteiger partial charge in [-0.2, -0.15) is 0 Å². The van der Waals surface area contributed by atoms with Gasteiger partial charge in [0.25, 0.3) is 0 Å². The topological polar surface area (TPSA) is 108 Å². The highest BCUT2D eigenvalue weighted by molar-refractivity contribution is 6.11. The molecule has 2 aliphatic rings. The Morgan fingerprint density at radius 3 is 1.98 bits per heavy atom. The number of aliphatic imine (C=N–C) groups is 1. The number of nitrogens with zero attached hydrogens (tertiary/aromatic N) is 4. The zero-order valence-electron chi connectivity index (χ0n) is 34.9. The number of aryl methyl sites for hydroxylation is 5. The second-order valence-electron chi connectivity index (χ2n) is 16.3. The van der Waals surface area contributed by atoms with Crippen LogP contribution >= 0.6 is 0 Å². The number of rotatable bonds is 13. The molecule has 1 aliphatic carbocycles. The fourth-order valence-electron chi connectivity index (χ4n) is 8.49. The van der Waals surface area contributed by atoms with Crippen molar-refractivity contribution >= 4 is 61.9 Å². The third-order valence-electron chi connectivity index (χ3n) is 11.9. The van der Waals surface area contributed by atoms with Crippen molar-refractivity contribution in [2.45, 2.75) is 86.1 Å². The van der Waals surface area contributed by atoms with Crippen molar-refractivity contribution in [2.75, 3.05) is 34.8 Å². The monoisotopic (exact) mass is 769 g/mol. The summed E-state index contributed by atoms with van der Waals surface area (Å²) in [4.78, 5) is 12.6. The maximum absolute atomic E-state index is 6.45. The van der Waals surface area contributed by atoms with E-state index in [1.807, 2.05) is 13.8 Å². The van der Waals surface area contributed by atoms with E-state index in [0.29, 0.717) is 0 Å². The Kier molecular flexibility index (Phi) is 10.9. The van der Waals surface area contributed by atoms with Gasteiger partial charge in [0.05, 0.1) is 23.1 Å². The van der Waals surface area contributed by atoms with E-state index in [0.717, 1.165) is 99.0 Å². The zero-order valence-corrected chi connectivity index (χ0v) is 34.9. The summed E-state index contributed by atoms with van der Waals surface area (Å²) in [7, 11) is 0. The molecule has 8 rings (SSSR count). The molecule has 296 valence electrons. The van der Waals surface area contributed by atoms with Gasteiger partial charge < -0.3 is 27.0 Å². The van der Waals surface area contributed by atoms with Crippen LogP contribution in [0.1, 0.15) is 73.3 Å². The first-order chi connectivity index (χ1) is 28.1. The summed E-state index contributed by atoms with van der Waals surface area (Å²) in [5, 5.41) is 7.54. The van der Waals surface area contributed by atoms with Gasteiger partial charge in [0.1, 0.15) is 11.0 Å². The number of aromatic nitrogens is 2. The average Bonchev–Trinajstić information content (AvgIpc) is 3.19. The number of nitrogens with one attached hydrogen (secondary N) is 2. The van der Waals surface area contributed by atoms with Crippen LogP contribution in [-0.2, 0) is 0 Å². The predicted molar refractivity (Wildman–Crippen MR) is 245 cm³/mol. The van der Waals surface area contributed by atoms with Crippen molar-refractivity contribution < 1.29 is 4.57 Å². The van der Waals surface area contributed by atoms with Crippen LogP contribution < -0.4 is 31.6 Å². The molecule has 8 heteroatoms. The maximum Gasteiger partial charge on any atom is 0.239 e. The van der Waals surface area contributed by atoms with Gasteiger partial charge in [0, 0.05) is 65.3 Å². The van der Waals surface area contributed by atoms with Crippen LogP contribution in [0.15, 0.2) is 113 Å². The molecule has 1 aromatic heterocycles. The Balaban J connectivity index is 0.856. The SMILES string of the molecule is CC1=CC2=Nc3cc(C)c(N)cc3N(c3ccccc3C)C2C=C1NCCCCCCCCNc1cc2c(cc1C)nc1cc(C)c(N)cc1[n+]2-c1ccccc1C. The fourth-order valence-corrected chi connectivity index (χ4v) is 8.49. The number of hydrogen-bond acceptors (Lipinski definition) is 7. The number of hydrogen-bond donors (Lipinski definition) is 4. The van der Waals surface area contributed by atoms with Crippen molar-refractivity contribution in [2.24, 2.45) is 4.99 Å². The molecule has 6 N–H and O–H groups in total. The second-order valence-corrected chi connectivity index (χ2v) is 16.3. The minimum atomic E-state index is -0.0111. The summed E-state index contributed by atoms with van der Waals surface area (Å²) in [5.74, 6) is 0. The first-order valence-corrected chi connectivity index (χ1v) is 20.9. The van der Waals surface area contributed by atoms with Gasteiger partial charge in [0.2, 0.25) is 16.7 Å². The molecule has 0 bridgehead atoms. The summed E-state index contributed by atoms with van der Waals surface area (Å²) in [6, 6.07) is 29.9. The minimum Gasteiger partial charge on any atom is -0.398 e. The normalized spacial score (nSPS) is 14.8. The Hall–Kier alpha value is -6.15. The molecule has 1 atom stereocenters. The minimum absolute atomic E-state index is 0.0111. The van der Waals surface area contributed by atoms with Crippen LogP contribution in [0.25, 0.3) is 27.8 Å². The molecule has 0 amide bonds. The highest BCUT2D eigenvalue weighted by Gasteiger charge is 2.33. The first kappa shape index (κ1) is 38.7. The molecule has 1 aliphatic heterocycles. The van der Waals surface area contributed by atoms with Gasteiger partial charge in [0.15, 0.2) is 0 Å². The van der Waals surface area contributed by atoms with E-state index in [2.05, 4.69) is 145 Å². The smallest absolute Gasteiger partial charge is 0.239 e. The molecule has 0 saturated heterocycles. The molecule has 0 fully saturated rings. The van der Waals surface area contributed by atoms with Crippen LogP contribution in [-0.4, -0.2) is 29.8 Å². The number of anilines is 5. The van der Waals surface area contributed by atoms with Crippen molar-refractivity contribution in [3.05, 3.63) is 136 Å². The number of nitrogens with two attached hydrogens (primary N) is 2. The maximum atomic E-state index is 6.45. The summed E-state index contributed by atoms with van der Waals surface area (Å²) in [6.07, 6.45) is 11.8. The molecule has 58 heavy (non-hydrogen) atoms. The molecule has 0 spiro atoms. The van der Waals surface area contributed by atoms with Crippen LogP contribution in [0.4, 0.5) is 34.1 Å². The molecule has 6 aromatic rings. The van der Waals surface area contributed by atoms with Gasteiger partial charge in [-0.05, 0) is 125 Å². The van der Waals surface area contributed by atoms with Crippen LogP contribution in [0, 0.1) is 34.6 Å². The lowest BCUT2D eigenvalue weighted by Gasteiger charge is -2.39. The van der Waals surface area contributed by atoms with E-state index in [-0.39, 0.29) is 6.04 Å². The van der Waals surface area contributed by atoms with Gasteiger partial charge in [-0.15, -0.1) is 4.57 Å². The van der Waals surface area contributed by atoms with E-state index < -0.39 is 0 Å². The van der Waals surface area contributed by atoms with Gasteiger partial charge in [-0.1, -0.05) is 62.1 Å². The van der Waals surface area contributed by atoms with E-state index in [4.69, 9.17) is 21.4 Å². The summed E-state index contributed by atoms with van der Waals surface area (Å²) in [5.41, 5.74) is 33.1. The molecule has 5 aromatic carbocycles. The largest absolute Gasteiger partial charge is 0.398 e. The quantitative estimate of drug-likeness (QED) is 0.0403. The van der Waals surface area contributed by atoms with Gasteiger partial charge in [-0.3, -0.25) is 0 Å². The number of para-hydroxylation sites is 2. The Morgan fingerprint density at radius 1 is 0.621 bits per heavy atom. The van der Waals surface area contributed by atoms with Crippen LogP contribution in [0.5, 0.6) is 0 Å². The number of unbranched alkanes of at least 4 members (excludes halogenated alkanes) is 5.